The molecular formula is C11H23O3. The summed E-state index contributed by atoms with van der Waals surface area (Å²) in [6.07, 6.45) is -0.297. The van der Waals surface area contributed by atoms with Gasteiger partial charge in [-0.15, -0.1) is 0 Å². The van der Waals surface area contributed by atoms with E-state index in [0.29, 0.717) is 0 Å². The Morgan fingerprint density at radius 3 is 1.71 bits per heavy atom. The summed E-state index contributed by atoms with van der Waals surface area (Å²) < 4.78 is 5.24. The average molecular weight is 203 g/mol. The summed E-state index contributed by atoms with van der Waals surface area (Å²) in [6, 6.07) is 0. The second kappa shape index (κ2) is 4.60. The zero-order chi connectivity index (χ0) is 11.6. The fourth-order valence-corrected chi connectivity index (χ4v) is 0.846. The molecule has 0 aromatic carbocycles. The van der Waals surface area contributed by atoms with Gasteiger partial charge in [-0.25, -0.2) is 0 Å². The van der Waals surface area contributed by atoms with Crippen LogP contribution in [-0.2, 0) is 4.74 Å². The van der Waals surface area contributed by atoms with Crippen LogP contribution in [0.5, 0.6) is 0 Å². The molecule has 1 radical (unpaired) electrons. The van der Waals surface area contributed by atoms with Crippen molar-refractivity contribution in [2.75, 3.05) is 0 Å². The van der Waals surface area contributed by atoms with E-state index >= 15 is 0 Å². The Balaban J connectivity index is 4.01. The van der Waals surface area contributed by atoms with Crippen molar-refractivity contribution in [1.82, 2.24) is 0 Å². The molecule has 0 aliphatic rings. The molecule has 0 rings (SSSR count). The first kappa shape index (κ1) is 13.9. The first-order valence-corrected chi connectivity index (χ1v) is 4.91. The summed E-state index contributed by atoms with van der Waals surface area (Å²) in [5.41, 5.74) is -0.685. The molecular weight excluding hydrogens is 180 g/mol. The van der Waals surface area contributed by atoms with E-state index in [1.807, 2.05) is 41.5 Å². The molecule has 0 aliphatic heterocycles. The second-order valence-corrected chi connectivity index (χ2v) is 5.62. The number of aliphatic hydroxyl groups excluding tert-OH is 2. The molecule has 2 atom stereocenters. The van der Waals surface area contributed by atoms with Gasteiger partial charge in [-0.3, -0.25) is 0 Å². The third-order valence-corrected chi connectivity index (χ3v) is 1.71. The zero-order valence-corrected chi connectivity index (χ0v) is 10.0. The van der Waals surface area contributed by atoms with Crippen LogP contribution in [0.25, 0.3) is 0 Å². The molecule has 0 heterocycles. The minimum atomic E-state index is -1.02. The number of hydrogen-bond acceptors (Lipinski definition) is 3. The van der Waals surface area contributed by atoms with Gasteiger partial charge in [-0.1, -0.05) is 20.8 Å². The van der Waals surface area contributed by atoms with Gasteiger partial charge in [-0.2, -0.15) is 0 Å². The number of aliphatic hydroxyl groups is 2. The predicted molar refractivity (Wildman–Crippen MR) is 56.6 cm³/mol. The molecule has 2 unspecified atom stereocenters. The maximum atomic E-state index is 9.66. The van der Waals surface area contributed by atoms with E-state index in [-0.39, 0.29) is 5.41 Å². The lowest BCUT2D eigenvalue weighted by Crippen LogP contribution is -2.35. The lowest BCUT2D eigenvalue weighted by Gasteiger charge is -2.30. The highest BCUT2D eigenvalue weighted by molar-refractivity contribution is 4.88. The van der Waals surface area contributed by atoms with E-state index in [9.17, 15) is 10.2 Å². The summed E-state index contributed by atoms with van der Waals surface area (Å²) in [5.74, 6) is 0. The highest BCUT2D eigenvalue weighted by Gasteiger charge is 2.27. The van der Waals surface area contributed by atoms with Crippen LogP contribution < -0.4 is 0 Å². The molecule has 0 aliphatic carbocycles. The summed E-state index contributed by atoms with van der Waals surface area (Å²) in [6.45, 7) is 11.3. The molecule has 0 fully saturated rings. The molecule has 3 nitrogen and oxygen atoms in total. The monoisotopic (exact) mass is 203 g/mol. The van der Waals surface area contributed by atoms with E-state index in [1.165, 1.54) is 6.42 Å². The largest absolute Gasteiger partial charge is 0.392 e. The van der Waals surface area contributed by atoms with Crippen molar-refractivity contribution in [3.8, 4) is 0 Å². The van der Waals surface area contributed by atoms with Gasteiger partial charge in [0.2, 0.25) is 0 Å². The number of ether oxygens (including phenoxy) is 1. The van der Waals surface area contributed by atoms with Crippen molar-refractivity contribution in [2.45, 2.75) is 59.5 Å². The Bertz CT molecular complexity index is 164. The van der Waals surface area contributed by atoms with Crippen molar-refractivity contribution in [3.63, 3.8) is 0 Å². The van der Waals surface area contributed by atoms with Crippen molar-refractivity contribution >= 4 is 0 Å². The topological polar surface area (TPSA) is 49.7 Å². The van der Waals surface area contributed by atoms with E-state index in [2.05, 4.69) is 0 Å². The first-order valence-electron chi connectivity index (χ1n) is 4.91. The summed E-state index contributed by atoms with van der Waals surface area (Å²) in [7, 11) is 0. The van der Waals surface area contributed by atoms with Crippen molar-refractivity contribution in [1.29, 1.82) is 0 Å². The van der Waals surface area contributed by atoms with Crippen LogP contribution in [-0.4, -0.2) is 28.2 Å². The predicted octanol–water partition coefficient (Wildman–Crippen LogP) is 1.73. The zero-order valence-electron chi connectivity index (χ0n) is 10.0. The Morgan fingerprint density at radius 1 is 1.00 bits per heavy atom. The van der Waals surface area contributed by atoms with E-state index in [1.54, 1.807) is 0 Å². The molecule has 0 saturated carbocycles. The third-order valence-electron chi connectivity index (χ3n) is 1.71. The molecule has 0 amide bonds. The Morgan fingerprint density at radius 2 is 1.43 bits per heavy atom. The van der Waals surface area contributed by atoms with Crippen LogP contribution in [0.2, 0.25) is 0 Å². The maximum absolute atomic E-state index is 9.66. The Hall–Kier alpha value is -0.120. The SMILES string of the molecule is CC(C)(C)OC(O)[CH]C(O)C(C)(C)C. The van der Waals surface area contributed by atoms with Crippen LogP contribution in [0.3, 0.4) is 0 Å². The van der Waals surface area contributed by atoms with Crippen LogP contribution in [0.15, 0.2) is 0 Å². The Labute approximate surface area is 87.1 Å². The van der Waals surface area contributed by atoms with Gasteiger partial charge in [0.25, 0.3) is 0 Å². The van der Waals surface area contributed by atoms with Gasteiger partial charge < -0.3 is 14.9 Å². The number of rotatable bonds is 3. The van der Waals surface area contributed by atoms with Crippen molar-refractivity contribution in [2.24, 2.45) is 5.41 Å². The fourth-order valence-electron chi connectivity index (χ4n) is 0.846. The van der Waals surface area contributed by atoms with E-state index in [0.717, 1.165) is 0 Å². The summed E-state index contributed by atoms with van der Waals surface area (Å²) in [5, 5.41) is 19.1. The van der Waals surface area contributed by atoms with Crippen molar-refractivity contribution < 1.29 is 14.9 Å². The van der Waals surface area contributed by atoms with Crippen molar-refractivity contribution in [3.05, 3.63) is 6.42 Å². The van der Waals surface area contributed by atoms with E-state index < -0.39 is 18.0 Å². The first-order chi connectivity index (χ1) is 6.02. The van der Waals surface area contributed by atoms with Gasteiger partial charge >= 0.3 is 0 Å². The van der Waals surface area contributed by atoms with Gasteiger partial charge in [0, 0.05) is 6.42 Å². The fraction of sp³-hybridized carbons (Fsp3) is 0.909. The minimum absolute atomic E-state index is 0.276. The smallest absolute Gasteiger partial charge is 0.161 e. The van der Waals surface area contributed by atoms with Gasteiger partial charge in [-0.05, 0) is 26.2 Å². The summed E-state index contributed by atoms with van der Waals surface area (Å²) in [4.78, 5) is 0. The molecule has 0 aromatic rings. The summed E-state index contributed by atoms with van der Waals surface area (Å²) >= 11 is 0. The van der Waals surface area contributed by atoms with Gasteiger partial charge in [0.15, 0.2) is 6.29 Å². The quantitative estimate of drug-likeness (QED) is 0.687. The molecule has 14 heavy (non-hydrogen) atoms. The maximum Gasteiger partial charge on any atom is 0.161 e. The molecule has 3 heteroatoms. The normalized spacial score (nSPS) is 18.0. The standard InChI is InChI=1S/C11H23O3/c1-10(2,3)8(12)7-9(13)14-11(4,5)6/h7-9,12-13H,1-6H3. The minimum Gasteiger partial charge on any atom is -0.392 e. The second-order valence-electron chi connectivity index (χ2n) is 5.62. The number of hydrogen-bond donors (Lipinski definition) is 2. The van der Waals surface area contributed by atoms with Crippen LogP contribution in [0.1, 0.15) is 41.5 Å². The Kier molecular flexibility index (Phi) is 4.56. The molecule has 0 saturated heterocycles. The van der Waals surface area contributed by atoms with Crippen LogP contribution in [0.4, 0.5) is 0 Å². The van der Waals surface area contributed by atoms with Crippen LogP contribution in [0, 0.1) is 11.8 Å². The van der Waals surface area contributed by atoms with Crippen LogP contribution >= 0.6 is 0 Å². The van der Waals surface area contributed by atoms with Gasteiger partial charge in [0.1, 0.15) is 0 Å². The molecule has 2 N–H and O–H groups in total. The molecule has 0 spiro atoms. The molecule has 0 aromatic heterocycles. The van der Waals surface area contributed by atoms with E-state index in [4.69, 9.17) is 4.74 Å². The lowest BCUT2D eigenvalue weighted by atomic mass is 9.87. The highest BCUT2D eigenvalue weighted by atomic mass is 16.6. The highest BCUT2D eigenvalue weighted by Crippen LogP contribution is 2.23. The lowest BCUT2D eigenvalue weighted by molar-refractivity contribution is -0.157. The third kappa shape index (κ3) is 6.35. The average Bonchev–Trinajstić information content (AvgIpc) is 1.79. The van der Waals surface area contributed by atoms with Gasteiger partial charge in [0.05, 0.1) is 11.7 Å². The molecule has 0 bridgehead atoms. The molecule has 85 valence electrons.